The van der Waals surface area contributed by atoms with Crippen LogP contribution in [-0.4, -0.2) is 54.3 Å². The second-order valence-corrected chi connectivity index (χ2v) is 8.88. The number of nitrogens with two attached hydrogens (primary N) is 2. The van der Waals surface area contributed by atoms with Gasteiger partial charge in [0.25, 0.3) is 5.91 Å². The molecule has 2 fully saturated rings. The minimum Gasteiger partial charge on any atom is -0.398 e. The van der Waals surface area contributed by atoms with Crippen LogP contribution in [0.15, 0.2) is 42.5 Å². The molecule has 2 amide bonds. The van der Waals surface area contributed by atoms with E-state index >= 15 is 0 Å². The lowest BCUT2D eigenvalue weighted by atomic mass is 10.0. The van der Waals surface area contributed by atoms with Crippen LogP contribution in [0.3, 0.4) is 0 Å². The maximum atomic E-state index is 13.4. The van der Waals surface area contributed by atoms with E-state index in [4.69, 9.17) is 11.5 Å². The first-order valence-corrected chi connectivity index (χ1v) is 11.0. The van der Waals surface area contributed by atoms with Crippen LogP contribution in [0, 0.1) is 11.8 Å². The van der Waals surface area contributed by atoms with Crippen molar-refractivity contribution in [2.45, 2.75) is 19.0 Å². The molecule has 0 bridgehead atoms. The minimum absolute atomic E-state index is 0.148. The number of likely N-dealkylation sites (tertiary alicyclic amines) is 2. The van der Waals surface area contributed by atoms with Gasteiger partial charge in [-0.05, 0) is 55.0 Å². The van der Waals surface area contributed by atoms with Gasteiger partial charge < -0.3 is 21.3 Å². The Kier molecular flexibility index (Phi) is 6.34. The number of carbonyl (C=O) groups excluding carboxylic acids is 2. The number of hydrogen-bond acceptors (Lipinski definition) is 4. The van der Waals surface area contributed by atoms with Crippen molar-refractivity contribution in [3.63, 3.8) is 0 Å². The van der Waals surface area contributed by atoms with E-state index in [1.807, 2.05) is 12.1 Å². The Morgan fingerprint density at radius 3 is 2.27 bits per heavy atom. The number of rotatable bonds is 6. The van der Waals surface area contributed by atoms with E-state index in [9.17, 15) is 22.8 Å². The number of anilines is 1. The third kappa shape index (κ3) is 4.83. The van der Waals surface area contributed by atoms with Gasteiger partial charge in [0.2, 0.25) is 5.91 Å². The fourth-order valence-electron chi connectivity index (χ4n) is 5.11. The predicted molar refractivity (Wildman–Crippen MR) is 118 cm³/mol. The van der Waals surface area contributed by atoms with Crippen LogP contribution in [0.4, 0.5) is 18.9 Å². The zero-order valence-corrected chi connectivity index (χ0v) is 18.1. The lowest BCUT2D eigenvalue weighted by molar-refractivity contribution is -0.138. The van der Waals surface area contributed by atoms with E-state index in [-0.39, 0.29) is 17.5 Å². The molecule has 9 heteroatoms. The number of halogens is 3. The van der Waals surface area contributed by atoms with Gasteiger partial charge in [0, 0.05) is 37.4 Å². The number of benzene rings is 2. The van der Waals surface area contributed by atoms with E-state index < -0.39 is 29.1 Å². The average Bonchev–Trinajstić information content (AvgIpc) is 3.31. The normalized spacial score (nSPS) is 20.8. The zero-order chi connectivity index (χ0) is 23.8. The molecule has 0 aliphatic carbocycles. The van der Waals surface area contributed by atoms with Crippen molar-refractivity contribution in [2.75, 3.05) is 38.5 Å². The number of carbonyl (C=O) groups is 2. The number of hydrogen-bond donors (Lipinski definition) is 2. The third-order valence-corrected chi connectivity index (χ3v) is 6.67. The van der Waals surface area contributed by atoms with E-state index in [1.54, 1.807) is 12.1 Å². The molecule has 0 spiro atoms. The highest BCUT2D eigenvalue weighted by Gasteiger charge is 2.44. The molecule has 2 aliphatic heterocycles. The Labute approximate surface area is 190 Å². The fourth-order valence-corrected chi connectivity index (χ4v) is 5.11. The first kappa shape index (κ1) is 23.1. The van der Waals surface area contributed by atoms with Gasteiger partial charge in [0.15, 0.2) is 0 Å². The summed E-state index contributed by atoms with van der Waals surface area (Å²) in [6.07, 6.45) is -3.04. The monoisotopic (exact) mass is 460 g/mol. The highest BCUT2D eigenvalue weighted by atomic mass is 19.4. The Hall–Kier alpha value is -3.07. The number of nitrogens with zero attached hydrogens (tertiary/aromatic N) is 2. The van der Waals surface area contributed by atoms with Gasteiger partial charge in [-0.3, -0.25) is 9.59 Å². The maximum Gasteiger partial charge on any atom is 0.417 e. The quantitative estimate of drug-likeness (QED) is 0.649. The van der Waals surface area contributed by atoms with Crippen molar-refractivity contribution < 1.29 is 22.8 Å². The van der Waals surface area contributed by atoms with Crippen molar-refractivity contribution in [1.82, 2.24) is 9.80 Å². The van der Waals surface area contributed by atoms with E-state index in [0.717, 1.165) is 44.1 Å². The summed E-state index contributed by atoms with van der Waals surface area (Å²) < 4.78 is 40.2. The molecule has 2 atom stereocenters. The average molecular weight is 461 g/mol. The van der Waals surface area contributed by atoms with Crippen LogP contribution in [-0.2, 0) is 12.6 Å². The second-order valence-electron chi connectivity index (χ2n) is 8.88. The van der Waals surface area contributed by atoms with Crippen LogP contribution in [0.2, 0.25) is 0 Å². The molecule has 0 radical (unpaired) electrons. The summed E-state index contributed by atoms with van der Waals surface area (Å²) >= 11 is 0. The molecular weight excluding hydrogens is 433 g/mol. The van der Waals surface area contributed by atoms with Crippen LogP contribution in [0.25, 0.3) is 0 Å². The van der Waals surface area contributed by atoms with Crippen molar-refractivity contribution in [1.29, 1.82) is 0 Å². The summed E-state index contributed by atoms with van der Waals surface area (Å²) in [5, 5.41) is 0. The van der Waals surface area contributed by atoms with Gasteiger partial charge in [0.1, 0.15) is 0 Å². The number of primary amides is 1. The first-order chi connectivity index (χ1) is 15.6. The minimum atomic E-state index is -4.64. The predicted octanol–water partition coefficient (Wildman–Crippen LogP) is 3.02. The van der Waals surface area contributed by atoms with Gasteiger partial charge in [0.05, 0.1) is 11.1 Å². The Morgan fingerprint density at radius 2 is 1.64 bits per heavy atom. The van der Waals surface area contributed by atoms with Crippen molar-refractivity contribution in [3.05, 3.63) is 64.7 Å². The number of alkyl halides is 3. The summed E-state index contributed by atoms with van der Waals surface area (Å²) in [4.78, 5) is 28.4. The molecule has 33 heavy (non-hydrogen) atoms. The second kappa shape index (κ2) is 9.05. The van der Waals surface area contributed by atoms with Gasteiger partial charge in [-0.15, -0.1) is 0 Å². The molecule has 0 saturated carbocycles. The molecule has 0 aromatic heterocycles. The van der Waals surface area contributed by atoms with Gasteiger partial charge in [-0.25, -0.2) is 0 Å². The molecule has 2 aromatic carbocycles. The van der Waals surface area contributed by atoms with E-state index in [1.165, 1.54) is 17.0 Å². The smallest absolute Gasteiger partial charge is 0.398 e. The maximum absolute atomic E-state index is 13.4. The Bertz CT molecular complexity index is 1040. The highest BCUT2D eigenvalue weighted by molar-refractivity contribution is 6.01. The van der Waals surface area contributed by atoms with Crippen molar-refractivity contribution in [2.24, 2.45) is 17.6 Å². The van der Waals surface area contributed by atoms with Crippen LogP contribution >= 0.6 is 0 Å². The molecule has 4 N–H and O–H groups in total. The number of fused-ring (bicyclic) bond motifs is 1. The molecule has 4 rings (SSSR count). The standard InChI is InChI=1S/C24H27F3N4O2/c25-24(26,27)19-8-3-9-20(28)21(19)23(33)31-13-16-11-30(12-17(16)14-31)10-4-6-15-5-1-2-7-18(15)22(29)32/h1-3,5,7-9,16-17H,4,6,10-14,28H2,(H2,29,32)/t16-,17?/m0/s1. The van der Waals surface area contributed by atoms with Gasteiger partial charge >= 0.3 is 6.18 Å². The van der Waals surface area contributed by atoms with Crippen LogP contribution < -0.4 is 11.5 Å². The lowest BCUT2D eigenvalue weighted by Crippen LogP contribution is -2.35. The summed E-state index contributed by atoms with van der Waals surface area (Å²) in [5.41, 5.74) is 11.1. The molecule has 2 aliphatic rings. The molecular formula is C24H27F3N4O2. The summed E-state index contributed by atoms with van der Waals surface area (Å²) in [7, 11) is 0. The summed E-state index contributed by atoms with van der Waals surface area (Å²) in [5.74, 6) is -0.625. The van der Waals surface area contributed by atoms with Gasteiger partial charge in [-0.1, -0.05) is 24.3 Å². The number of nitrogen functional groups attached to an aromatic ring is 1. The Balaban J connectivity index is 1.33. The largest absolute Gasteiger partial charge is 0.417 e. The summed E-state index contributed by atoms with van der Waals surface area (Å²) in [6, 6.07) is 10.8. The molecule has 6 nitrogen and oxygen atoms in total. The first-order valence-electron chi connectivity index (χ1n) is 11.0. The van der Waals surface area contributed by atoms with Crippen LogP contribution in [0.1, 0.15) is 38.3 Å². The van der Waals surface area contributed by atoms with Crippen molar-refractivity contribution >= 4 is 17.5 Å². The fraction of sp³-hybridized carbons (Fsp3) is 0.417. The van der Waals surface area contributed by atoms with E-state index in [2.05, 4.69) is 4.90 Å². The number of amides is 2. The van der Waals surface area contributed by atoms with E-state index in [0.29, 0.717) is 18.7 Å². The van der Waals surface area contributed by atoms with Gasteiger partial charge in [-0.2, -0.15) is 13.2 Å². The molecule has 1 unspecified atom stereocenters. The molecule has 2 aromatic rings. The summed E-state index contributed by atoms with van der Waals surface area (Å²) in [6.45, 7) is 3.29. The van der Waals surface area contributed by atoms with Crippen molar-refractivity contribution in [3.8, 4) is 0 Å². The molecule has 2 heterocycles. The highest BCUT2D eigenvalue weighted by Crippen LogP contribution is 2.37. The third-order valence-electron chi connectivity index (χ3n) is 6.67. The lowest BCUT2D eigenvalue weighted by Gasteiger charge is -2.23. The molecule has 2 saturated heterocycles. The van der Waals surface area contributed by atoms with Crippen LogP contribution in [0.5, 0.6) is 0 Å². The zero-order valence-electron chi connectivity index (χ0n) is 18.1. The SMILES string of the molecule is NC(=O)c1ccccc1CCCN1CC2CN(C(=O)c3c(N)cccc3C(F)(F)F)C[C@@H]2C1. The molecule has 176 valence electrons. The number of aryl methyl sites for hydroxylation is 1. The Morgan fingerprint density at radius 1 is 0.970 bits per heavy atom. The topological polar surface area (TPSA) is 92.7 Å².